The number of imidazole rings is 1. The molecule has 29 heavy (non-hydrogen) atoms. The number of hydrogen-bond acceptors (Lipinski definition) is 4. The van der Waals surface area contributed by atoms with Gasteiger partial charge in [-0.05, 0) is 29.8 Å². The van der Waals surface area contributed by atoms with Gasteiger partial charge < -0.3 is 19.9 Å². The summed E-state index contributed by atoms with van der Waals surface area (Å²) >= 11 is 0. The van der Waals surface area contributed by atoms with Gasteiger partial charge in [0.2, 0.25) is 11.8 Å². The van der Waals surface area contributed by atoms with E-state index in [9.17, 15) is 9.59 Å². The molecule has 7 nitrogen and oxygen atoms in total. The Labute approximate surface area is 170 Å². The molecule has 2 amide bonds. The Balaban J connectivity index is 1.67. The Morgan fingerprint density at radius 1 is 1.03 bits per heavy atom. The van der Waals surface area contributed by atoms with E-state index in [0.717, 1.165) is 28.2 Å². The maximum absolute atomic E-state index is 12.6. The third-order valence-corrected chi connectivity index (χ3v) is 4.68. The summed E-state index contributed by atoms with van der Waals surface area (Å²) in [6.45, 7) is 2.92. The third kappa shape index (κ3) is 5.34. The number of aromatic nitrogens is 2. The number of para-hydroxylation sites is 2. The van der Waals surface area contributed by atoms with E-state index in [1.165, 1.54) is 0 Å². The first kappa shape index (κ1) is 20.4. The van der Waals surface area contributed by atoms with Crippen LogP contribution in [0.3, 0.4) is 0 Å². The summed E-state index contributed by atoms with van der Waals surface area (Å²) in [6, 6.07) is 15.3. The maximum atomic E-state index is 12.6. The number of nitrogens with zero attached hydrogens (tertiary/aromatic N) is 2. The van der Waals surface area contributed by atoms with Crippen LogP contribution in [0.15, 0.2) is 48.5 Å². The zero-order chi connectivity index (χ0) is 20.6. The monoisotopic (exact) mass is 394 g/mol. The van der Waals surface area contributed by atoms with Crippen LogP contribution in [-0.4, -0.2) is 35.0 Å². The quantitative estimate of drug-likeness (QED) is 0.584. The van der Waals surface area contributed by atoms with Crippen molar-refractivity contribution < 1.29 is 14.3 Å². The van der Waals surface area contributed by atoms with E-state index in [2.05, 4.69) is 15.6 Å². The van der Waals surface area contributed by atoms with Gasteiger partial charge in [0.25, 0.3) is 0 Å². The summed E-state index contributed by atoms with van der Waals surface area (Å²) in [5.74, 6) is 1.47. The fourth-order valence-corrected chi connectivity index (χ4v) is 3.07. The molecule has 0 saturated carbocycles. The molecule has 0 atom stereocenters. The Morgan fingerprint density at radius 3 is 2.52 bits per heavy atom. The van der Waals surface area contributed by atoms with E-state index in [-0.39, 0.29) is 18.4 Å². The lowest BCUT2D eigenvalue weighted by molar-refractivity contribution is -0.122. The molecule has 2 N–H and O–H groups in total. The van der Waals surface area contributed by atoms with Crippen molar-refractivity contribution in [3.05, 3.63) is 59.9 Å². The molecule has 3 aromatic rings. The first-order valence-electron chi connectivity index (χ1n) is 9.71. The average molecular weight is 394 g/mol. The summed E-state index contributed by atoms with van der Waals surface area (Å²) < 4.78 is 7.06. The molecule has 0 aliphatic rings. The van der Waals surface area contributed by atoms with Gasteiger partial charge >= 0.3 is 0 Å². The molecule has 0 aliphatic carbocycles. The zero-order valence-electron chi connectivity index (χ0n) is 16.8. The van der Waals surface area contributed by atoms with Gasteiger partial charge in [-0.15, -0.1) is 0 Å². The minimum atomic E-state index is -0.0946. The molecule has 3 rings (SSSR count). The zero-order valence-corrected chi connectivity index (χ0v) is 16.8. The summed E-state index contributed by atoms with van der Waals surface area (Å²) in [4.78, 5) is 28.7. The van der Waals surface area contributed by atoms with Crippen LogP contribution < -0.4 is 15.4 Å². The second-order valence-corrected chi connectivity index (χ2v) is 6.68. The van der Waals surface area contributed by atoms with Gasteiger partial charge in [0, 0.05) is 25.9 Å². The lowest BCUT2D eigenvalue weighted by Crippen LogP contribution is -2.29. The smallest absolute Gasteiger partial charge is 0.240 e. The van der Waals surface area contributed by atoms with E-state index in [1.54, 1.807) is 7.11 Å². The van der Waals surface area contributed by atoms with Crippen molar-refractivity contribution in [1.29, 1.82) is 0 Å². The number of methoxy groups -OCH3 is 1. The first-order valence-corrected chi connectivity index (χ1v) is 9.71. The van der Waals surface area contributed by atoms with Crippen LogP contribution in [0.2, 0.25) is 0 Å². The van der Waals surface area contributed by atoms with Gasteiger partial charge in [-0.2, -0.15) is 0 Å². The third-order valence-electron chi connectivity index (χ3n) is 4.68. The second kappa shape index (κ2) is 9.73. The molecule has 0 unspecified atom stereocenters. The van der Waals surface area contributed by atoms with Crippen molar-refractivity contribution >= 4 is 22.8 Å². The number of benzene rings is 2. The maximum Gasteiger partial charge on any atom is 0.240 e. The number of rotatable bonds is 9. The molecule has 0 saturated heterocycles. The van der Waals surface area contributed by atoms with Crippen LogP contribution >= 0.6 is 0 Å². The highest BCUT2D eigenvalue weighted by Gasteiger charge is 2.13. The van der Waals surface area contributed by atoms with Crippen molar-refractivity contribution in [2.24, 2.45) is 0 Å². The molecule has 0 spiro atoms. The molecule has 1 aromatic heterocycles. The highest BCUT2D eigenvalue weighted by Crippen LogP contribution is 2.16. The van der Waals surface area contributed by atoms with Crippen LogP contribution in [0.1, 0.15) is 24.7 Å². The van der Waals surface area contributed by atoms with Crippen LogP contribution in [0.4, 0.5) is 0 Å². The molecule has 0 aliphatic heterocycles. The topological polar surface area (TPSA) is 85.2 Å². The number of fused-ring (bicyclic) bond motifs is 1. The first-order chi connectivity index (χ1) is 14.1. The van der Waals surface area contributed by atoms with Gasteiger partial charge in [0.05, 0.1) is 18.1 Å². The van der Waals surface area contributed by atoms with E-state index in [0.29, 0.717) is 25.9 Å². The van der Waals surface area contributed by atoms with Gasteiger partial charge in [-0.25, -0.2) is 4.98 Å². The van der Waals surface area contributed by atoms with E-state index in [4.69, 9.17) is 4.74 Å². The fourth-order valence-electron chi connectivity index (χ4n) is 3.07. The molecule has 2 aromatic carbocycles. The molecule has 0 bridgehead atoms. The second-order valence-electron chi connectivity index (χ2n) is 6.68. The highest BCUT2D eigenvalue weighted by molar-refractivity contribution is 5.81. The van der Waals surface area contributed by atoms with Crippen molar-refractivity contribution in [1.82, 2.24) is 20.2 Å². The lowest BCUT2D eigenvalue weighted by Gasteiger charge is -2.11. The molecule has 7 heteroatoms. The molecule has 152 valence electrons. The fraction of sp³-hybridized carbons (Fsp3) is 0.318. The van der Waals surface area contributed by atoms with Crippen LogP contribution in [0.5, 0.6) is 5.75 Å². The van der Waals surface area contributed by atoms with Crippen LogP contribution in [-0.2, 0) is 29.1 Å². The van der Waals surface area contributed by atoms with E-state index >= 15 is 0 Å². The van der Waals surface area contributed by atoms with Gasteiger partial charge in [0.1, 0.15) is 18.1 Å². The van der Waals surface area contributed by atoms with E-state index in [1.807, 2.05) is 60.0 Å². The number of carbonyl (C=O) groups excluding carboxylic acids is 2. The number of amides is 2. The van der Waals surface area contributed by atoms with Crippen molar-refractivity contribution in [2.45, 2.75) is 32.9 Å². The Bertz CT molecular complexity index is 979. The predicted molar refractivity (Wildman–Crippen MR) is 112 cm³/mol. The Kier molecular flexibility index (Phi) is 6.84. The van der Waals surface area contributed by atoms with Crippen molar-refractivity contribution in [3.8, 4) is 5.75 Å². The summed E-state index contributed by atoms with van der Waals surface area (Å²) in [7, 11) is 1.62. The van der Waals surface area contributed by atoms with Gasteiger partial charge in [-0.3, -0.25) is 9.59 Å². The minimum Gasteiger partial charge on any atom is -0.497 e. The number of nitrogens with one attached hydrogen (secondary N) is 2. The molecular formula is C22H26N4O3. The average Bonchev–Trinajstić information content (AvgIpc) is 3.09. The van der Waals surface area contributed by atoms with Crippen LogP contribution in [0, 0.1) is 0 Å². The number of carbonyl (C=O) groups is 2. The Morgan fingerprint density at radius 2 is 1.79 bits per heavy atom. The minimum absolute atomic E-state index is 0.00453. The van der Waals surface area contributed by atoms with Gasteiger partial charge in [0.15, 0.2) is 0 Å². The van der Waals surface area contributed by atoms with Crippen molar-refractivity contribution in [3.63, 3.8) is 0 Å². The molecule has 1 heterocycles. The molecule has 0 fully saturated rings. The molecular weight excluding hydrogens is 368 g/mol. The van der Waals surface area contributed by atoms with Crippen molar-refractivity contribution in [2.75, 3.05) is 13.7 Å². The summed E-state index contributed by atoms with van der Waals surface area (Å²) in [6.07, 6.45) is 1.01. The van der Waals surface area contributed by atoms with Gasteiger partial charge in [-0.1, -0.05) is 31.2 Å². The SMILES string of the molecule is CCC(=O)NCCc1nc2ccccc2n1CC(=O)NCc1ccc(OC)cc1. The number of hydrogen-bond donors (Lipinski definition) is 2. The normalized spacial score (nSPS) is 10.7. The lowest BCUT2D eigenvalue weighted by atomic mass is 10.2. The van der Waals surface area contributed by atoms with E-state index < -0.39 is 0 Å². The highest BCUT2D eigenvalue weighted by atomic mass is 16.5. The standard InChI is InChI=1S/C22H26N4O3/c1-3-21(27)23-13-12-20-25-18-6-4-5-7-19(18)26(20)15-22(28)24-14-16-8-10-17(29-2)11-9-16/h4-11H,3,12-15H2,1-2H3,(H,23,27)(H,24,28). The Hall–Kier alpha value is -3.35. The number of ether oxygens (including phenoxy) is 1. The molecule has 0 radical (unpaired) electrons. The summed E-state index contributed by atoms with van der Waals surface area (Å²) in [5, 5.41) is 5.81. The summed E-state index contributed by atoms with van der Waals surface area (Å²) in [5.41, 5.74) is 2.74. The predicted octanol–water partition coefficient (Wildman–Crippen LogP) is 2.43. The largest absolute Gasteiger partial charge is 0.497 e. The van der Waals surface area contributed by atoms with Crippen LogP contribution in [0.25, 0.3) is 11.0 Å².